The highest BCUT2D eigenvalue weighted by Gasteiger charge is 2.06. The third kappa shape index (κ3) is 2.11. The average Bonchev–Trinajstić information content (AvgIpc) is 2.77. The smallest absolute Gasteiger partial charge is 0.144 e. The highest BCUT2D eigenvalue weighted by molar-refractivity contribution is 9.10. The maximum atomic E-state index is 5.34. The van der Waals surface area contributed by atoms with Crippen LogP contribution < -0.4 is 4.74 Å². The number of rotatable bonds is 3. The van der Waals surface area contributed by atoms with Crippen LogP contribution in [0.4, 0.5) is 0 Å². The molecule has 0 aliphatic rings. The molecule has 16 heavy (non-hydrogen) atoms. The van der Waals surface area contributed by atoms with Crippen LogP contribution in [-0.4, -0.2) is 16.7 Å². The van der Waals surface area contributed by atoms with Gasteiger partial charge < -0.3 is 9.30 Å². The molecule has 0 unspecified atom stereocenters. The molecule has 3 nitrogen and oxygen atoms in total. The monoisotopic (exact) mass is 280 g/mol. The molecule has 0 aliphatic heterocycles. The number of methoxy groups -OCH3 is 1. The largest absolute Gasteiger partial charge is 0.495 e. The van der Waals surface area contributed by atoms with E-state index < -0.39 is 0 Å². The van der Waals surface area contributed by atoms with Crippen molar-refractivity contribution in [3.63, 3.8) is 0 Å². The minimum atomic E-state index is 0.828. The second kappa shape index (κ2) is 4.70. The zero-order valence-corrected chi connectivity index (χ0v) is 10.9. The molecule has 0 spiro atoms. The van der Waals surface area contributed by atoms with Crippen LogP contribution in [0.2, 0.25) is 0 Å². The molecule has 0 saturated carbocycles. The number of hydrogen-bond donors (Lipinski definition) is 0. The van der Waals surface area contributed by atoms with Crippen molar-refractivity contribution in [3.05, 3.63) is 40.9 Å². The Morgan fingerprint density at radius 3 is 2.88 bits per heavy atom. The van der Waals surface area contributed by atoms with Crippen molar-refractivity contribution in [2.24, 2.45) is 0 Å². The molecule has 84 valence electrons. The van der Waals surface area contributed by atoms with Crippen LogP contribution in [0.5, 0.6) is 5.75 Å². The SMILES string of the molecule is CCc1cn(-c2ccc(Br)cc2OC)cn1. The highest BCUT2D eigenvalue weighted by Crippen LogP contribution is 2.26. The Hall–Kier alpha value is -1.29. The van der Waals surface area contributed by atoms with Crippen LogP contribution in [0.3, 0.4) is 0 Å². The first kappa shape index (κ1) is 11.2. The van der Waals surface area contributed by atoms with Gasteiger partial charge in [0.2, 0.25) is 0 Å². The van der Waals surface area contributed by atoms with Crippen molar-refractivity contribution in [2.45, 2.75) is 13.3 Å². The number of imidazole rings is 1. The van der Waals surface area contributed by atoms with E-state index in [0.29, 0.717) is 0 Å². The molecule has 0 amide bonds. The molecular formula is C12H13BrN2O. The van der Waals surface area contributed by atoms with E-state index in [1.54, 1.807) is 7.11 Å². The fourth-order valence-corrected chi connectivity index (χ4v) is 1.88. The molecule has 2 aromatic rings. The van der Waals surface area contributed by atoms with E-state index in [2.05, 4.69) is 27.8 Å². The van der Waals surface area contributed by atoms with Crippen LogP contribution in [0, 0.1) is 0 Å². The topological polar surface area (TPSA) is 27.1 Å². The molecule has 0 bridgehead atoms. The van der Waals surface area contributed by atoms with Crippen molar-refractivity contribution in [1.29, 1.82) is 0 Å². The van der Waals surface area contributed by atoms with Gasteiger partial charge in [0.05, 0.1) is 24.8 Å². The lowest BCUT2D eigenvalue weighted by atomic mass is 10.3. The van der Waals surface area contributed by atoms with Crippen LogP contribution >= 0.6 is 15.9 Å². The third-order valence-corrected chi connectivity index (χ3v) is 2.91. The van der Waals surface area contributed by atoms with Crippen LogP contribution in [0.1, 0.15) is 12.6 Å². The van der Waals surface area contributed by atoms with E-state index >= 15 is 0 Å². The Kier molecular flexibility index (Phi) is 3.29. The molecule has 0 saturated heterocycles. The van der Waals surface area contributed by atoms with E-state index in [-0.39, 0.29) is 0 Å². The van der Waals surface area contributed by atoms with Gasteiger partial charge in [0.25, 0.3) is 0 Å². The molecule has 0 fully saturated rings. The van der Waals surface area contributed by atoms with E-state index in [4.69, 9.17) is 4.74 Å². The Morgan fingerprint density at radius 2 is 2.25 bits per heavy atom. The summed E-state index contributed by atoms with van der Waals surface area (Å²) in [4.78, 5) is 4.30. The Balaban J connectivity index is 2.46. The summed E-state index contributed by atoms with van der Waals surface area (Å²) in [5.41, 5.74) is 2.07. The number of halogens is 1. The summed E-state index contributed by atoms with van der Waals surface area (Å²) >= 11 is 3.42. The van der Waals surface area contributed by atoms with E-state index in [1.165, 1.54) is 0 Å². The van der Waals surface area contributed by atoms with Crippen LogP contribution in [-0.2, 0) is 6.42 Å². The number of benzene rings is 1. The van der Waals surface area contributed by atoms with Gasteiger partial charge in [0.15, 0.2) is 0 Å². The quantitative estimate of drug-likeness (QED) is 0.863. The predicted molar refractivity (Wildman–Crippen MR) is 67.2 cm³/mol. The summed E-state index contributed by atoms with van der Waals surface area (Å²) < 4.78 is 8.32. The van der Waals surface area contributed by atoms with Gasteiger partial charge in [-0.05, 0) is 24.6 Å². The summed E-state index contributed by atoms with van der Waals surface area (Å²) in [7, 11) is 1.67. The number of aryl methyl sites for hydroxylation is 1. The predicted octanol–water partition coefficient (Wildman–Crippen LogP) is 3.21. The first-order valence-electron chi connectivity index (χ1n) is 5.11. The van der Waals surface area contributed by atoms with Gasteiger partial charge in [0, 0.05) is 10.7 Å². The van der Waals surface area contributed by atoms with Gasteiger partial charge in [-0.25, -0.2) is 4.98 Å². The average molecular weight is 281 g/mol. The van der Waals surface area contributed by atoms with Gasteiger partial charge in [-0.2, -0.15) is 0 Å². The second-order valence-corrected chi connectivity index (χ2v) is 4.36. The molecule has 1 aromatic carbocycles. The zero-order chi connectivity index (χ0) is 11.5. The van der Waals surface area contributed by atoms with E-state index in [1.807, 2.05) is 35.3 Å². The number of ether oxygens (including phenoxy) is 1. The maximum absolute atomic E-state index is 5.34. The molecule has 1 aromatic heterocycles. The summed E-state index contributed by atoms with van der Waals surface area (Å²) in [5, 5.41) is 0. The summed E-state index contributed by atoms with van der Waals surface area (Å²) in [6.45, 7) is 2.09. The van der Waals surface area contributed by atoms with Gasteiger partial charge in [-0.1, -0.05) is 22.9 Å². The van der Waals surface area contributed by atoms with Crippen molar-refractivity contribution < 1.29 is 4.74 Å². The Morgan fingerprint density at radius 1 is 1.44 bits per heavy atom. The molecule has 4 heteroatoms. The van der Waals surface area contributed by atoms with Crippen molar-refractivity contribution in [1.82, 2.24) is 9.55 Å². The van der Waals surface area contributed by atoms with Gasteiger partial charge in [-0.15, -0.1) is 0 Å². The van der Waals surface area contributed by atoms with Crippen LogP contribution in [0.15, 0.2) is 35.2 Å². The first-order valence-corrected chi connectivity index (χ1v) is 5.90. The normalized spacial score (nSPS) is 10.4. The minimum absolute atomic E-state index is 0.828. The van der Waals surface area contributed by atoms with Gasteiger partial charge >= 0.3 is 0 Å². The number of aromatic nitrogens is 2. The van der Waals surface area contributed by atoms with Gasteiger partial charge in [-0.3, -0.25) is 0 Å². The molecular weight excluding hydrogens is 268 g/mol. The highest BCUT2D eigenvalue weighted by atomic mass is 79.9. The maximum Gasteiger partial charge on any atom is 0.144 e. The molecule has 0 atom stereocenters. The van der Waals surface area contributed by atoms with Gasteiger partial charge in [0.1, 0.15) is 5.75 Å². The minimum Gasteiger partial charge on any atom is -0.495 e. The number of nitrogens with zero attached hydrogens (tertiary/aromatic N) is 2. The first-order chi connectivity index (χ1) is 7.74. The lowest BCUT2D eigenvalue weighted by molar-refractivity contribution is 0.412. The van der Waals surface area contributed by atoms with Crippen molar-refractivity contribution >= 4 is 15.9 Å². The summed E-state index contributed by atoms with van der Waals surface area (Å²) in [6.07, 6.45) is 4.77. The summed E-state index contributed by atoms with van der Waals surface area (Å²) in [6, 6.07) is 5.94. The summed E-state index contributed by atoms with van der Waals surface area (Å²) in [5.74, 6) is 0.828. The molecule has 0 radical (unpaired) electrons. The second-order valence-electron chi connectivity index (χ2n) is 3.44. The third-order valence-electron chi connectivity index (χ3n) is 2.42. The Bertz CT molecular complexity index is 494. The number of hydrogen-bond acceptors (Lipinski definition) is 2. The van der Waals surface area contributed by atoms with Crippen molar-refractivity contribution in [3.8, 4) is 11.4 Å². The fraction of sp³-hybridized carbons (Fsp3) is 0.250. The molecule has 2 rings (SSSR count). The van der Waals surface area contributed by atoms with E-state index in [9.17, 15) is 0 Å². The lowest BCUT2D eigenvalue weighted by Gasteiger charge is -2.09. The van der Waals surface area contributed by atoms with E-state index in [0.717, 1.165) is 28.0 Å². The van der Waals surface area contributed by atoms with Crippen molar-refractivity contribution in [2.75, 3.05) is 7.11 Å². The lowest BCUT2D eigenvalue weighted by Crippen LogP contribution is -1.95. The van der Waals surface area contributed by atoms with Crippen LogP contribution in [0.25, 0.3) is 5.69 Å². The Labute approximate surface area is 103 Å². The standard InChI is InChI=1S/C12H13BrN2O/c1-3-10-7-15(8-14-10)11-5-4-9(13)6-12(11)16-2/h4-8H,3H2,1-2H3. The molecule has 1 heterocycles. The zero-order valence-electron chi connectivity index (χ0n) is 9.27. The molecule has 0 N–H and O–H groups in total. The molecule has 0 aliphatic carbocycles. The fourth-order valence-electron chi connectivity index (χ4n) is 1.54.